The van der Waals surface area contributed by atoms with E-state index < -0.39 is 219 Å². The molecule has 0 saturated carbocycles. The number of carboxylic acids is 1. The summed E-state index contributed by atoms with van der Waals surface area (Å²) in [6, 6.07) is 5.17. The predicted octanol–water partition coefficient (Wildman–Crippen LogP) is -1.77. The number of aromatic nitrogens is 1. The van der Waals surface area contributed by atoms with Crippen LogP contribution in [0.2, 0.25) is 0 Å². The van der Waals surface area contributed by atoms with Gasteiger partial charge in [-0.05, 0) is 112 Å². The van der Waals surface area contributed by atoms with E-state index in [-0.39, 0.29) is 121 Å². The fourth-order valence-electron chi connectivity index (χ4n) is 15.9. The number of unbranched alkanes of at least 4 members (excludes halogenated alkanes) is 10. The lowest BCUT2D eigenvalue weighted by atomic mass is 10.0. The Morgan fingerprint density at radius 1 is 0.470 bits per heavy atom. The Hall–Kier alpha value is -12.7. The first kappa shape index (κ1) is 110. The van der Waals surface area contributed by atoms with Gasteiger partial charge in [-0.1, -0.05) is 151 Å². The van der Waals surface area contributed by atoms with Gasteiger partial charge in [0.15, 0.2) is 5.96 Å². The second kappa shape index (κ2) is 59.0. The number of carbonyl (C=O) groups is 17. The van der Waals surface area contributed by atoms with Crippen LogP contribution in [0, 0.1) is 11.3 Å². The van der Waals surface area contributed by atoms with Gasteiger partial charge < -0.3 is 127 Å². The molecular formula is C92H139N21O21. The number of carbonyl (C=O) groups excluding carboxylic acids is 16. The van der Waals surface area contributed by atoms with Crippen LogP contribution < -0.4 is 91.6 Å². The number of aliphatic hydroxyl groups is 3. The number of carboxylic acid groups (broad SMARTS) is 1. The Kier molecular flexibility index (Phi) is 48.5. The molecule has 0 radical (unpaired) electrons. The number of benzene rings is 3. The topological polar surface area (TPSA) is 664 Å². The van der Waals surface area contributed by atoms with Crippen molar-refractivity contribution in [1.82, 2.24) is 89.2 Å². The maximum absolute atomic E-state index is 15.2. The molecule has 0 bridgehead atoms. The average Bonchev–Trinajstić information content (AvgIpc) is 1.66. The maximum atomic E-state index is 15.2. The molecule has 2 fully saturated rings. The number of nitrogens with zero attached hydrogens (tertiary/aromatic N) is 2. The highest BCUT2D eigenvalue weighted by molar-refractivity contribution is 6.01. The van der Waals surface area contributed by atoms with Crippen LogP contribution in [-0.2, 0) is 101 Å². The van der Waals surface area contributed by atoms with E-state index in [4.69, 9.17) is 22.6 Å². The fraction of sp³-hybridized carbons (Fsp3) is 0.587. The number of amides is 16. The van der Waals surface area contributed by atoms with Gasteiger partial charge in [0.1, 0.15) is 72.5 Å². The third-order valence-corrected chi connectivity index (χ3v) is 23.2. The SMILES string of the molecule is CCCCCCCCCCCC(=O)NCCC(=O)NCCCCC(NC(=O)[C@H](CO)NC(C)=O)C(=O)NC(CO)C(=O)N[C@@H](Cc1ccccc1)C(=O)N[C@@H](CCC(=O)O)C(=O)N1C[C@H](O)CC1C(=O)N[C@H](Cc1ccccc1)C(=O)NC(CCCNC(=N)N)C(=O)NC(Cc1c[nH]c2ccccc12)C(=O)NCC(=O)NC(CCCCN)C(=O)N1CCCC1C(=O)N[C@H](C(N)=O)C(C)C. The molecule has 26 N–H and O–H groups in total. The quantitative estimate of drug-likeness (QED) is 0.0132. The summed E-state index contributed by atoms with van der Waals surface area (Å²) in [5, 5.41) is 87.0. The van der Waals surface area contributed by atoms with Crippen molar-refractivity contribution in [3.63, 3.8) is 0 Å². The van der Waals surface area contributed by atoms with E-state index >= 15 is 19.2 Å². The summed E-state index contributed by atoms with van der Waals surface area (Å²) < 4.78 is 0. The normalized spacial score (nSPS) is 16.2. The number of primary amides is 1. The minimum Gasteiger partial charge on any atom is -0.481 e. The van der Waals surface area contributed by atoms with E-state index in [9.17, 15) is 82.8 Å². The summed E-state index contributed by atoms with van der Waals surface area (Å²) >= 11 is 0. The van der Waals surface area contributed by atoms with Gasteiger partial charge in [-0.3, -0.25) is 86.9 Å². The fourth-order valence-corrected chi connectivity index (χ4v) is 15.9. The molecule has 2 aliphatic heterocycles. The lowest BCUT2D eigenvalue weighted by Crippen LogP contribution is -2.61. The van der Waals surface area contributed by atoms with Crippen molar-refractivity contribution >= 4 is 117 Å². The highest BCUT2D eigenvalue weighted by atomic mass is 16.4. The minimum atomic E-state index is -1.89. The third kappa shape index (κ3) is 38.5. The highest BCUT2D eigenvalue weighted by Crippen LogP contribution is 2.25. The molecule has 7 unspecified atom stereocenters. The zero-order valence-corrected chi connectivity index (χ0v) is 77.1. The van der Waals surface area contributed by atoms with Crippen LogP contribution >= 0.6 is 0 Å². The second-order valence-electron chi connectivity index (χ2n) is 34.3. The number of aliphatic hydroxyl groups excluding tert-OH is 3. The molecule has 42 heteroatoms. The first-order valence-electron chi connectivity index (χ1n) is 46.4. The Bertz CT molecular complexity index is 4540. The molecule has 16 amide bonds. The van der Waals surface area contributed by atoms with Crippen molar-refractivity contribution in [2.75, 3.05) is 59.0 Å². The van der Waals surface area contributed by atoms with Gasteiger partial charge in [0, 0.05) is 102 Å². The molecule has 738 valence electrons. The van der Waals surface area contributed by atoms with E-state index in [1.54, 1.807) is 105 Å². The second-order valence-corrected chi connectivity index (χ2v) is 34.3. The summed E-state index contributed by atoms with van der Waals surface area (Å²) in [7, 11) is 0. The van der Waals surface area contributed by atoms with Crippen molar-refractivity contribution in [2.24, 2.45) is 23.1 Å². The zero-order chi connectivity index (χ0) is 98.2. The first-order chi connectivity index (χ1) is 64.1. The lowest BCUT2D eigenvalue weighted by molar-refractivity contribution is -0.143. The first-order valence-corrected chi connectivity index (χ1v) is 46.4. The number of hydrogen-bond donors (Lipinski definition) is 23. The number of nitrogens with two attached hydrogens (primary N) is 3. The number of likely N-dealkylation sites (tertiary alicyclic amines) is 2. The van der Waals surface area contributed by atoms with Gasteiger partial charge in [0.05, 0.1) is 25.9 Å². The van der Waals surface area contributed by atoms with Gasteiger partial charge in [0.2, 0.25) is 94.5 Å². The largest absolute Gasteiger partial charge is 0.481 e. The summed E-state index contributed by atoms with van der Waals surface area (Å²) in [6.45, 7) is 3.89. The number of H-pyrrole nitrogens is 1. The van der Waals surface area contributed by atoms with Gasteiger partial charge in [-0.2, -0.15) is 0 Å². The minimum absolute atomic E-state index is 0.0161. The summed E-state index contributed by atoms with van der Waals surface area (Å²) in [5.41, 5.74) is 19.1. The number of hydrogen-bond acceptors (Lipinski definition) is 22. The van der Waals surface area contributed by atoms with Crippen LogP contribution in [0.25, 0.3) is 10.9 Å². The van der Waals surface area contributed by atoms with Gasteiger partial charge in [0.25, 0.3) is 0 Å². The number of nitrogens with one attached hydrogen (secondary N) is 16. The van der Waals surface area contributed by atoms with Gasteiger partial charge in [-0.15, -0.1) is 0 Å². The molecule has 2 aliphatic rings. The number of aliphatic carboxylic acids is 1. The van der Waals surface area contributed by atoms with Crippen LogP contribution in [0.1, 0.15) is 198 Å². The molecule has 1 aromatic heterocycles. The van der Waals surface area contributed by atoms with E-state index in [1.165, 1.54) is 37.0 Å². The average molecular weight is 1880 g/mol. The van der Waals surface area contributed by atoms with E-state index in [0.717, 1.165) is 37.5 Å². The summed E-state index contributed by atoms with van der Waals surface area (Å²) in [4.78, 5) is 242. The molecule has 3 aromatic carbocycles. The van der Waals surface area contributed by atoms with E-state index in [2.05, 4.69) is 86.3 Å². The molecule has 6 rings (SSSR count). The number of aromatic amines is 1. The number of fused-ring (bicyclic) bond motifs is 1. The molecule has 3 heterocycles. The van der Waals surface area contributed by atoms with Crippen LogP contribution in [0.15, 0.2) is 91.1 Å². The highest BCUT2D eigenvalue weighted by Gasteiger charge is 2.45. The van der Waals surface area contributed by atoms with Gasteiger partial charge in [-0.25, -0.2) is 0 Å². The third-order valence-electron chi connectivity index (χ3n) is 23.2. The standard InChI is InChI=1S/C92H139N21O21/c1-5-6-7-8-9-10-11-12-19-38-75(118)98-45-41-76(119)97-43-25-23-34-64(105-86(129)71(54-114)102-57(4)116)83(126)110-72(55-115)87(130)107-68(47-58-28-15-13-16-29-58)85(128)106-67(39-40-78(121)122)91(134)113-53-61(117)50-74(113)89(132)109-69(48-59-30-17-14-18-31-59)84(127)104-65(36-26-44-99-92(95)96)82(125)108-70(49-60-51-100-63-33-21-20-32-62(60)63)81(124)101-52-77(120)103-66(35-22-24-42-93)90(133)112-46-27-37-73(112)88(131)111-79(56(2)3)80(94)123/h13-18,20-21,28-33,51,56,61,64-74,79,100,114-115,117H,5-12,19,22-27,34-50,52-55,93H2,1-4H3,(H2,94,123)(H,97,119)(H,98,118)(H,101,124)(H,102,116)(H,103,120)(H,104,127)(H,105,129)(H,106,128)(H,107,130)(H,108,125)(H,109,132)(H,110,126)(H,111,131)(H,121,122)(H4,95,96,99)/t61-,64?,65?,66?,67+,68+,69-,70?,71+,72?,73?,74?,79+/m1/s1. The van der Waals surface area contributed by atoms with Crippen molar-refractivity contribution in [2.45, 2.75) is 280 Å². The van der Waals surface area contributed by atoms with Crippen molar-refractivity contribution in [3.05, 3.63) is 108 Å². The number of guanidine groups is 1. The van der Waals surface area contributed by atoms with Crippen molar-refractivity contribution in [1.29, 1.82) is 5.41 Å². The Balaban J connectivity index is 1.20. The smallest absolute Gasteiger partial charge is 0.303 e. The van der Waals surface area contributed by atoms with Crippen LogP contribution in [0.3, 0.4) is 0 Å². The molecule has 4 aromatic rings. The number of β-amino-alcohol motifs (C(OH)–C–C–N with tert-alkyl or cyclic N) is 1. The molecule has 0 spiro atoms. The predicted molar refractivity (Wildman–Crippen MR) is 495 cm³/mol. The van der Waals surface area contributed by atoms with Crippen LogP contribution in [-0.4, -0.2) is 279 Å². The lowest BCUT2D eigenvalue weighted by Gasteiger charge is -2.31. The molecular weight excluding hydrogens is 1740 g/mol. The maximum Gasteiger partial charge on any atom is 0.303 e. The Morgan fingerprint density at radius 3 is 1.54 bits per heavy atom. The molecule has 42 nitrogen and oxygen atoms in total. The molecule has 2 saturated heterocycles. The van der Waals surface area contributed by atoms with Crippen molar-refractivity contribution < 1.29 is 102 Å². The summed E-state index contributed by atoms with van der Waals surface area (Å²) in [6.07, 6.45) is 9.15. The monoisotopic (exact) mass is 1870 g/mol. The summed E-state index contributed by atoms with van der Waals surface area (Å²) in [5.74, 6) is -15.7. The van der Waals surface area contributed by atoms with E-state index in [0.29, 0.717) is 53.3 Å². The van der Waals surface area contributed by atoms with Gasteiger partial charge >= 0.3 is 5.97 Å². The van der Waals surface area contributed by atoms with Crippen molar-refractivity contribution in [3.8, 4) is 0 Å². The van der Waals surface area contributed by atoms with E-state index in [1.807, 2.05) is 0 Å². The van der Waals surface area contributed by atoms with Crippen LogP contribution in [0.4, 0.5) is 0 Å². The zero-order valence-electron chi connectivity index (χ0n) is 77.1. The molecule has 13 atom stereocenters. The van der Waals surface area contributed by atoms with Crippen LogP contribution in [0.5, 0.6) is 0 Å². The molecule has 134 heavy (non-hydrogen) atoms. The number of para-hydroxylation sites is 1. The number of rotatable bonds is 62. The Labute approximate surface area is 780 Å². The Morgan fingerprint density at radius 2 is 0.955 bits per heavy atom. The molecule has 0 aliphatic carbocycles.